The summed E-state index contributed by atoms with van der Waals surface area (Å²) >= 11 is 1.53. The van der Waals surface area contributed by atoms with E-state index in [1.807, 2.05) is 36.4 Å². The Kier molecular flexibility index (Phi) is 9.04. The van der Waals surface area contributed by atoms with Crippen molar-refractivity contribution in [3.8, 4) is 28.7 Å². The van der Waals surface area contributed by atoms with Gasteiger partial charge in [0.15, 0.2) is 23.0 Å². The molecule has 0 bridgehead atoms. The van der Waals surface area contributed by atoms with Crippen LogP contribution in [0.1, 0.15) is 37.5 Å². The molecule has 0 radical (unpaired) electrons. The summed E-state index contributed by atoms with van der Waals surface area (Å²) in [5.74, 6) is 3.03. The number of nitrogens with one attached hydrogen (secondary N) is 1. The van der Waals surface area contributed by atoms with Crippen LogP contribution in [0, 0.1) is 0 Å². The van der Waals surface area contributed by atoms with Crippen molar-refractivity contribution < 1.29 is 23.7 Å². The monoisotopic (exact) mass is 509 g/mol. The highest BCUT2D eigenvalue weighted by atomic mass is 32.2. The minimum Gasteiger partial charge on any atom is -0.493 e. The molecule has 0 aromatic heterocycles. The zero-order chi connectivity index (χ0) is 26.3. The maximum absolute atomic E-state index is 5.67. The van der Waals surface area contributed by atoms with Gasteiger partial charge in [-0.05, 0) is 70.5 Å². The number of hydrogen-bond donors (Lipinski definition) is 1. The van der Waals surface area contributed by atoms with Crippen LogP contribution in [0.25, 0.3) is 12.2 Å². The van der Waals surface area contributed by atoms with Crippen LogP contribution >= 0.6 is 11.9 Å². The van der Waals surface area contributed by atoms with Gasteiger partial charge in [-0.15, -0.1) is 0 Å². The number of benzene rings is 3. The van der Waals surface area contributed by atoms with Crippen molar-refractivity contribution in [2.75, 3.05) is 40.3 Å². The normalized spacial score (nSPS) is 11.3. The summed E-state index contributed by atoms with van der Waals surface area (Å²) < 4.78 is 31.1. The molecular formula is C29H35NO5S. The van der Waals surface area contributed by atoms with Gasteiger partial charge in [-0.2, -0.15) is 0 Å². The first-order chi connectivity index (χ1) is 17.2. The van der Waals surface area contributed by atoms with Gasteiger partial charge >= 0.3 is 0 Å². The van der Waals surface area contributed by atoms with E-state index in [0.717, 1.165) is 21.7 Å². The second kappa shape index (κ2) is 12.0. The fraction of sp³-hybridized carbons (Fsp3) is 0.310. The van der Waals surface area contributed by atoms with Gasteiger partial charge in [-0.1, -0.05) is 45.1 Å². The first-order valence-electron chi connectivity index (χ1n) is 11.5. The lowest BCUT2D eigenvalue weighted by Gasteiger charge is -2.20. The van der Waals surface area contributed by atoms with Crippen molar-refractivity contribution in [3.05, 3.63) is 65.2 Å². The molecule has 0 saturated heterocycles. The predicted octanol–water partition coefficient (Wildman–Crippen LogP) is 7.32. The van der Waals surface area contributed by atoms with Crippen LogP contribution in [0.4, 0.5) is 5.69 Å². The van der Waals surface area contributed by atoms with E-state index in [-0.39, 0.29) is 5.41 Å². The Labute approximate surface area is 218 Å². The lowest BCUT2D eigenvalue weighted by Crippen LogP contribution is -2.10. The highest BCUT2D eigenvalue weighted by molar-refractivity contribution is 8.00. The van der Waals surface area contributed by atoms with Crippen LogP contribution in [0.15, 0.2) is 53.4 Å². The van der Waals surface area contributed by atoms with Gasteiger partial charge < -0.3 is 28.4 Å². The Bertz CT molecular complexity index is 1190. The molecule has 0 aliphatic heterocycles. The summed E-state index contributed by atoms with van der Waals surface area (Å²) in [6.07, 6.45) is 3.98. The lowest BCUT2D eigenvalue weighted by molar-refractivity contribution is 0.324. The van der Waals surface area contributed by atoms with Crippen molar-refractivity contribution >= 4 is 29.8 Å². The number of methoxy groups -OCH3 is 5. The van der Waals surface area contributed by atoms with E-state index in [2.05, 4.69) is 49.8 Å². The van der Waals surface area contributed by atoms with Gasteiger partial charge in [0.1, 0.15) is 0 Å². The quantitative estimate of drug-likeness (QED) is 0.227. The average molecular weight is 510 g/mol. The highest BCUT2D eigenvalue weighted by Crippen LogP contribution is 2.41. The smallest absolute Gasteiger partial charge is 0.203 e. The van der Waals surface area contributed by atoms with Gasteiger partial charge in [-0.25, -0.2) is 0 Å². The summed E-state index contributed by atoms with van der Waals surface area (Å²) in [5.41, 5.74) is 4.01. The van der Waals surface area contributed by atoms with Gasteiger partial charge in [0, 0.05) is 4.90 Å². The van der Waals surface area contributed by atoms with Crippen molar-refractivity contribution in [1.82, 2.24) is 0 Å². The van der Waals surface area contributed by atoms with Crippen LogP contribution in [0.5, 0.6) is 28.7 Å². The standard InChI is InChI=1S/C29H35NO5S/c1-29(2,3)21-10-9-11-22(18-21)36-30-23-14-19(15-24(31-4)27(23)34-7)12-13-20-16-25(32-5)28(35-8)26(17-20)33-6/h9-18,30H,1-8H3/b13-12-. The van der Waals surface area contributed by atoms with Gasteiger partial charge in [0.25, 0.3) is 0 Å². The van der Waals surface area contributed by atoms with E-state index in [1.54, 1.807) is 35.5 Å². The first kappa shape index (κ1) is 27.1. The van der Waals surface area contributed by atoms with Crippen LogP contribution in [0.2, 0.25) is 0 Å². The molecule has 0 aliphatic carbocycles. The maximum atomic E-state index is 5.67. The molecule has 0 unspecified atom stereocenters. The van der Waals surface area contributed by atoms with E-state index in [1.165, 1.54) is 17.5 Å². The van der Waals surface area contributed by atoms with Crippen molar-refractivity contribution in [2.45, 2.75) is 31.1 Å². The fourth-order valence-corrected chi connectivity index (χ4v) is 4.40. The van der Waals surface area contributed by atoms with Crippen molar-refractivity contribution in [2.24, 2.45) is 0 Å². The minimum absolute atomic E-state index is 0.0784. The molecule has 7 heteroatoms. The Morgan fingerprint density at radius 1 is 0.667 bits per heavy atom. The van der Waals surface area contributed by atoms with Gasteiger partial charge in [0.05, 0.1) is 41.2 Å². The fourth-order valence-electron chi connectivity index (χ4n) is 3.69. The molecule has 6 nitrogen and oxygen atoms in total. The lowest BCUT2D eigenvalue weighted by atomic mass is 9.87. The molecule has 0 saturated carbocycles. The predicted molar refractivity (Wildman–Crippen MR) is 149 cm³/mol. The molecule has 0 aliphatic rings. The third-order valence-electron chi connectivity index (χ3n) is 5.64. The Morgan fingerprint density at radius 2 is 1.19 bits per heavy atom. The molecule has 0 fully saturated rings. The third kappa shape index (κ3) is 6.40. The number of rotatable bonds is 10. The molecule has 3 aromatic rings. The van der Waals surface area contributed by atoms with Crippen LogP contribution in [0.3, 0.4) is 0 Å². The Balaban J connectivity index is 1.92. The molecule has 0 amide bonds. The van der Waals surface area contributed by atoms with E-state index < -0.39 is 0 Å². The molecule has 3 rings (SSSR count). The Hall–Kier alpha value is -3.45. The van der Waals surface area contributed by atoms with Crippen LogP contribution < -0.4 is 28.4 Å². The zero-order valence-corrected chi connectivity index (χ0v) is 23.0. The van der Waals surface area contributed by atoms with E-state index in [4.69, 9.17) is 23.7 Å². The molecule has 36 heavy (non-hydrogen) atoms. The molecule has 0 heterocycles. The maximum Gasteiger partial charge on any atom is 0.203 e. The zero-order valence-electron chi connectivity index (χ0n) is 22.2. The molecule has 0 spiro atoms. The third-order valence-corrected chi connectivity index (χ3v) is 6.45. The average Bonchev–Trinajstić information content (AvgIpc) is 2.89. The van der Waals surface area contributed by atoms with Crippen molar-refractivity contribution in [1.29, 1.82) is 0 Å². The summed E-state index contributed by atoms with van der Waals surface area (Å²) in [4.78, 5) is 1.11. The molecule has 3 aromatic carbocycles. The summed E-state index contributed by atoms with van der Waals surface area (Å²) in [5, 5.41) is 0. The van der Waals surface area contributed by atoms with Crippen LogP contribution in [-0.2, 0) is 5.41 Å². The second-order valence-electron chi connectivity index (χ2n) is 9.08. The largest absolute Gasteiger partial charge is 0.493 e. The number of anilines is 1. The minimum atomic E-state index is 0.0784. The number of ether oxygens (including phenoxy) is 5. The van der Waals surface area contributed by atoms with Gasteiger partial charge in [0.2, 0.25) is 5.75 Å². The topological polar surface area (TPSA) is 58.2 Å². The SMILES string of the molecule is COc1cc(/C=C\c2cc(OC)c(OC)c(OC)c2)cc(NSc2cccc(C(C)(C)C)c2)c1OC. The number of hydrogen-bond acceptors (Lipinski definition) is 7. The molecule has 0 atom stereocenters. The van der Waals surface area contributed by atoms with E-state index in [0.29, 0.717) is 28.7 Å². The van der Waals surface area contributed by atoms with Crippen LogP contribution in [-0.4, -0.2) is 35.5 Å². The summed E-state index contributed by atoms with van der Waals surface area (Å²) in [7, 11) is 8.07. The summed E-state index contributed by atoms with van der Waals surface area (Å²) in [6, 6.07) is 16.3. The highest BCUT2D eigenvalue weighted by Gasteiger charge is 2.16. The van der Waals surface area contributed by atoms with Crippen molar-refractivity contribution in [3.63, 3.8) is 0 Å². The first-order valence-corrected chi connectivity index (χ1v) is 12.3. The molecule has 192 valence electrons. The Morgan fingerprint density at radius 3 is 1.69 bits per heavy atom. The second-order valence-corrected chi connectivity index (χ2v) is 9.96. The van der Waals surface area contributed by atoms with Gasteiger partial charge in [-0.3, -0.25) is 0 Å². The van der Waals surface area contributed by atoms with E-state index >= 15 is 0 Å². The van der Waals surface area contributed by atoms with E-state index in [9.17, 15) is 0 Å². The summed E-state index contributed by atoms with van der Waals surface area (Å²) in [6.45, 7) is 6.63. The molecule has 1 N–H and O–H groups in total. The molecular weight excluding hydrogens is 474 g/mol.